The molecule has 0 spiro atoms. The van der Waals surface area contributed by atoms with Gasteiger partial charge < -0.3 is 15.8 Å². The second-order valence-corrected chi connectivity index (χ2v) is 4.09. The summed E-state index contributed by atoms with van der Waals surface area (Å²) >= 11 is 0. The van der Waals surface area contributed by atoms with Crippen molar-refractivity contribution in [3.05, 3.63) is 35.7 Å². The van der Waals surface area contributed by atoms with Gasteiger partial charge in [0.15, 0.2) is 5.57 Å². The summed E-state index contributed by atoms with van der Waals surface area (Å²) in [6.07, 6.45) is 1.53. The third kappa shape index (κ3) is 4.31. The van der Waals surface area contributed by atoms with Gasteiger partial charge in [-0.1, -0.05) is 6.07 Å². The first kappa shape index (κ1) is 16.2. The van der Waals surface area contributed by atoms with E-state index in [1.807, 2.05) is 0 Å². The van der Waals surface area contributed by atoms with Crippen molar-refractivity contribution in [3.63, 3.8) is 0 Å². The lowest BCUT2D eigenvalue weighted by atomic mass is 10.0. The van der Waals surface area contributed by atoms with Crippen molar-refractivity contribution >= 4 is 17.7 Å². The molecule has 1 heterocycles. The molecule has 0 unspecified atom stereocenters. The molecule has 7 heteroatoms. The Morgan fingerprint density at radius 2 is 2.24 bits per heavy atom. The first-order chi connectivity index (χ1) is 10.0. The fraction of sp³-hybridized carbons (Fsp3) is 0.286. The van der Waals surface area contributed by atoms with Crippen molar-refractivity contribution in [1.82, 2.24) is 4.98 Å². The highest BCUT2D eigenvalue weighted by atomic mass is 16.5. The summed E-state index contributed by atoms with van der Waals surface area (Å²) < 4.78 is 4.72. The van der Waals surface area contributed by atoms with Crippen LogP contribution in [0.2, 0.25) is 0 Å². The van der Waals surface area contributed by atoms with Crippen LogP contribution < -0.4 is 11.1 Å². The Morgan fingerprint density at radius 1 is 1.52 bits per heavy atom. The van der Waals surface area contributed by atoms with Gasteiger partial charge in [0.25, 0.3) is 0 Å². The maximum absolute atomic E-state index is 12.0. The van der Waals surface area contributed by atoms with Gasteiger partial charge in [0.2, 0.25) is 5.91 Å². The van der Waals surface area contributed by atoms with Crippen LogP contribution in [0.25, 0.3) is 0 Å². The number of aromatic nitrogens is 1. The summed E-state index contributed by atoms with van der Waals surface area (Å²) in [6.45, 7) is 3.22. The number of carbonyl (C=O) groups is 2. The van der Waals surface area contributed by atoms with E-state index < -0.39 is 17.8 Å². The summed E-state index contributed by atoms with van der Waals surface area (Å²) in [7, 11) is 0. The molecule has 7 nitrogen and oxygen atoms in total. The maximum atomic E-state index is 12.0. The van der Waals surface area contributed by atoms with E-state index in [2.05, 4.69) is 10.3 Å². The Hall–Kier alpha value is -2.88. The van der Waals surface area contributed by atoms with E-state index in [-0.39, 0.29) is 17.9 Å². The topological polar surface area (TPSA) is 118 Å². The van der Waals surface area contributed by atoms with E-state index >= 15 is 0 Å². The van der Waals surface area contributed by atoms with E-state index in [0.717, 1.165) is 0 Å². The Kier molecular flexibility index (Phi) is 5.89. The highest BCUT2D eigenvalue weighted by molar-refractivity contribution is 5.98. The summed E-state index contributed by atoms with van der Waals surface area (Å²) in [5, 5.41) is 11.5. The molecule has 0 aliphatic heterocycles. The molecule has 1 rings (SSSR count). The SMILES string of the molecule is CCOC(=O)/C(C#N)=C(\N)[C@@H](C)C(=O)Nc1ccccn1. The average Bonchev–Trinajstić information content (AvgIpc) is 2.48. The number of nitrogens with two attached hydrogens (primary N) is 1. The molecule has 0 aromatic carbocycles. The van der Waals surface area contributed by atoms with Gasteiger partial charge in [-0.3, -0.25) is 4.79 Å². The zero-order valence-corrected chi connectivity index (χ0v) is 11.8. The third-order valence-corrected chi connectivity index (χ3v) is 2.66. The number of hydrogen-bond donors (Lipinski definition) is 2. The monoisotopic (exact) mass is 288 g/mol. The number of carbonyl (C=O) groups excluding carboxylic acids is 2. The first-order valence-electron chi connectivity index (χ1n) is 6.30. The Labute approximate surface area is 122 Å². The minimum absolute atomic E-state index is 0.117. The zero-order valence-electron chi connectivity index (χ0n) is 11.8. The fourth-order valence-electron chi connectivity index (χ4n) is 1.46. The molecule has 0 aliphatic rings. The first-order valence-corrected chi connectivity index (χ1v) is 6.30. The normalized spacial score (nSPS) is 12.6. The Balaban J connectivity index is 2.90. The Bertz CT molecular complexity index is 590. The van der Waals surface area contributed by atoms with E-state index in [4.69, 9.17) is 15.7 Å². The van der Waals surface area contributed by atoms with Crippen molar-refractivity contribution in [2.45, 2.75) is 13.8 Å². The number of nitrogens with zero attached hydrogens (tertiary/aromatic N) is 2. The van der Waals surface area contributed by atoms with Gasteiger partial charge in [0, 0.05) is 11.9 Å². The van der Waals surface area contributed by atoms with Crippen LogP contribution in [-0.2, 0) is 14.3 Å². The summed E-state index contributed by atoms with van der Waals surface area (Å²) in [5.74, 6) is -1.82. The van der Waals surface area contributed by atoms with Crippen LogP contribution in [-0.4, -0.2) is 23.5 Å². The number of anilines is 1. The van der Waals surface area contributed by atoms with E-state index in [1.165, 1.54) is 13.1 Å². The molecule has 21 heavy (non-hydrogen) atoms. The molecule has 3 N–H and O–H groups in total. The van der Waals surface area contributed by atoms with Crippen LogP contribution in [0.1, 0.15) is 13.8 Å². The molecule has 0 aliphatic carbocycles. The van der Waals surface area contributed by atoms with Crippen LogP contribution in [0.5, 0.6) is 0 Å². The van der Waals surface area contributed by atoms with Crippen LogP contribution in [0.15, 0.2) is 35.7 Å². The molecule has 0 bridgehead atoms. The second-order valence-electron chi connectivity index (χ2n) is 4.09. The molecule has 1 atom stereocenters. The maximum Gasteiger partial charge on any atom is 0.350 e. The number of ether oxygens (including phenoxy) is 1. The third-order valence-electron chi connectivity index (χ3n) is 2.66. The van der Waals surface area contributed by atoms with Crippen molar-refractivity contribution in [3.8, 4) is 6.07 Å². The number of pyridine rings is 1. The molecule has 0 saturated heterocycles. The van der Waals surface area contributed by atoms with Crippen LogP contribution in [0.4, 0.5) is 5.82 Å². The molecule has 1 amide bonds. The number of amides is 1. The molecule has 1 aromatic heterocycles. The zero-order chi connectivity index (χ0) is 15.8. The van der Waals surface area contributed by atoms with Crippen LogP contribution in [0, 0.1) is 17.2 Å². The Morgan fingerprint density at radius 3 is 2.76 bits per heavy atom. The fourth-order valence-corrected chi connectivity index (χ4v) is 1.46. The summed E-state index contributed by atoms with van der Waals surface area (Å²) in [6, 6.07) is 6.71. The molecule has 0 saturated carbocycles. The summed E-state index contributed by atoms with van der Waals surface area (Å²) in [4.78, 5) is 27.5. The quantitative estimate of drug-likeness (QED) is 0.473. The number of rotatable bonds is 5. The van der Waals surface area contributed by atoms with Gasteiger partial charge in [0.1, 0.15) is 11.9 Å². The van der Waals surface area contributed by atoms with Gasteiger partial charge in [0.05, 0.1) is 12.5 Å². The number of nitrogens with one attached hydrogen (secondary N) is 1. The predicted molar refractivity (Wildman–Crippen MR) is 75.5 cm³/mol. The smallest absolute Gasteiger partial charge is 0.350 e. The van der Waals surface area contributed by atoms with Gasteiger partial charge in [-0.25, -0.2) is 9.78 Å². The van der Waals surface area contributed by atoms with Gasteiger partial charge in [-0.05, 0) is 26.0 Å². The second kappa shape index (κ2) is 7.65. The van der Waals surface area contributed by atoms with Crippen molar-refractivity contribution in [1.29, 1.82) is 5.26 Å². The molecule has 110 valence electrons. The standard InChI is InChI=1S/C14H16N4O3/c1-3-21-14(20)10(8-15)12(16)9(2)13(19)18-11-6-4-5-7-17-11/h4-7,9H,3,16H2,1-2H3,(H,17,18,19)/b12-10-/t9-/m1/s1. The predicted octanol–water partition coefficient (Wildman–Crippen LogP) is 0.956. The van der Waals surface area contributed by atoms with Gasteiger partial charge in [-0.15, -0.1) is 0 Å². The minimum Gasteiger partial charge on any atom is -0.462 e. The molecule has 1 aromatic rings. The number of hydrogen-bond acceptors (Lipinski definition) is 6. The van der Waals surface area contributed by atoms with Crippen molar-refractivity contribution < 1.29 is 14.3 Å². The van der Waals surface area contributed by atoms with Crippen LogP contribution >= 0.6 is 0 Å². The van der Waals surface area contributed by atoms with E-state index in [0.29, 0.717) is 5.82 Å². The lowest BCUT2D eigenvalue weighted by Gasteiger charge is -2.13. The molecule has 0 fully saturated rings. The van der Waals surface area contributed by atoms with Gasteiger partial charge >= 0.3 is 5.97 Å². The molecule has 0 radical (unpaired) electrons. The molecular formula is C14H16N4O3. The lowest BCUT2D eigenvalue weighted by Crippen LogP contribution is -2.28. The van der Waals surface area contributed by atoms with Crippen molar-refractivity contribution in [2.75, 3.05) is 11.9 Å². The van der Waals surface area contributed by atoms with Gasteiger partial charge in [-0.2, -0.15) is 5.26 Å². The van der Waals surface area contributed by atoms with Crippen molar-refractivity contribution in [2.24, 2.45) is 11.7 Å². The minimum atomic E-state index is -0.869. The average molecular weight is 288 g/mol. The molecular weight excluding hydrogens is 272 g/mol. The highest BCUT2D eigenvalue weighted by Gasteiger charge is 2.23. The highest BCUT2D eigenvalue weighted by Crippen LogP contribution is 2.14. The van der Waals surface area contributed by atoms with E-state index in [9.17, 15) is 9.59 Å². The van der Waals surface area contributed by atoms with Crippen LogP contribution in [0.3, 0.4) is 0 Å². The largest absolute Gasteiger partial charge is 0.462 e. The summed E-state index contributed by atoms with van der Waals surface area (Å²) in [5.41, 5.74) is 5.24. The number of esters is 1. The lowest BCUT2D eigenvalue weighted by molar-refractivity contribution is -0.138. The van der Waals surface area contributed by atoms with E-state index in [1.54, 1.807) is 31.2 Å². The number of nitriles is 1.